The highest BCUT2D eigenvalue weighted by molar-refractivity contribution is 5.07. The fraction of sp³-hybridized carbons (Fsp3) is 1.00. The molecule has 0 spiro atoms. The van der Waals surface area contributed by atoms with Gasteiger partial charge in [-0.2, -0.15) is 0 Å². The monoisotopic (exact) mass is 151 g/mol. The summed E-state index contributed by atoms with van der Waals surface area (Å²) in [6.45, 7) is 2.59. The number of nitrogens with one attached hydrogen (secondary N) is 1. The molecule has 1 N–H and O–H groups in total. The summed E-state index contributed by atoms with van der Waals surface area (Å²) in [6.07, 6.45) is 7.76. The maximum atomic E-state index is 3.46. The predicted octanol–water partition coefficient (Wildman–Crippen LogP) is 1.79. The van der Waals surface area contributed by atoms with Crippen molar-refractivity contribution >= 4 is 0 Å². The van der Waals surface area contributed by atoms with Crippen LogP contribution < -0.4 is 5.32 Å². The molecule has 1 saturated heterocycles. The third kappa shape index (κ3) is 0.868. The molecular weight excluding hydrogens is 134 g/mol. The Balaban J connectivity index is 1.57. The minimum absolute atomic E-state index is 0.890. The van der Waals surface area contributed by atoms with Gasteiger partial charge in [0.1, 0.15) is 0 Å². The Hall–Kier alpha value is -0.0400. The molecule has 4 aliphatic rings. The number of hydrogen-bond donors (Lipinski definition) is 1. The van der Waals surface area contributed by atoms with E-state index in [0.717, 1.165) is 11.3 Å². The molecule has 4 rings (SSSR count). The summed E-state index contributed by atoms with van der Waals surface area (Å²) < 4.78 is 0. The van der Waals surface area contributed by atoms with Crippen LogP contribution in [0.2, 0.25) is 0 Å². The van der Waals surface area contributed by atoms with Gasteiger partial charge in [-0.05, 0) is 62.4 Å². The highest BCUT2D eigenvalue weighted by Crippen LogP contribution is 2.67. The Bertz CT molecular complexity index is 153. The van der Waals surface area contributed by atoms with Gasteiger partial charge in [-0.3, -0.25) is 0 Å². The summed E-state index contributed by atoms with van der Waals surface area (Å²) in [4.78, 5) is 0. The molecule has 1 heteroatoms. The average Bonchev–Trinajstić information content (AvgIpc) is 2.26. The van der Waals surface area contributed by atoms with Crippen LogP contribution in [-0.4, -0.2) is 13.1 Å². The molecule has 3 aliphatic carbocycles. The Morgan fingerprint density at radius 2 is 2.09 bits per heavy atom. The van der Waals surface area contributed by atoms with Crippen molar-refractivity contribution in [2.24, 2.45) is 17.3 Å². The maximum Gasteiger partial charge on any atom is -0.00198 e. The van der Waals surface area contributed by atoms with Crippen LogP contribution in [0.5, 0.6) is 0 Å². The van der Waals surface area contributed by atoms with Gasteiger partial charge in [-0.15, -0.1) is 0 Å². The first kappa shape index (κ1) is 6.47. The van der Waals surface area contributed by atoms with Gasteiger partial charge < -0.3 is 5.32 Å². The van der Waals surface area contributed by atoms with Crippen molar-refractivity contribution in [3.8, 4) is 0 Å². The third-order valence-corrected chi connectivity index (χ3v) is 4.05. The van der Waals surface area contributed by atoms with E-state index in [4.69, 9.17) is 0 Å². The van der Waals surface area contributed by atoms with Crippen molar-refractivity contribution in [1.29, 1.82) is 0 Å². The Morgan fingerprint density at radius 3 is 2.55 bits per heavy atom. The van der Waals surface area contributed by atoms with E-state index in [-0.39, 0.29) is 0 Å². The Kier molecular flexibility index (Phi) is 1.18. The molecule has 0 aromatic carbocycles. The van der Waals surface area contributed by atoms with E-state index in [1.54, 1.807) is 25.7 Å². The summed E-state index contributed by atoms with van der Waals surface area (Å²) in [5, 5.41) is 3.46. The van der Waals surface area contributed by atoms with Crippen LogP contribution >= 0.6 is 0 Å². The molecular formula is C10H17N. The second-order valence-electron chi connectivity index (χ2n) is 5.04. The minimum atomic E-state index is 0.890. The van der Waals surface area contributed by atoms with E-state index in [2.05, 4.69) is 5.32 Å². The highest BCUT2D eigenvalue weighted by Gasteiger charge is 2.56. The molecule has 4 fully saturated rings. The van der Waals surface area contributed by atoms with E-state index in [1.165, 1.54) is 25.4 Å². The SMILES string of the molecule is C1CC(CC23CC(C2)C3)CN1. The largest absolute Gasteiger partial charge is 0.316 e. The topological polar surface area (TPSA) is 12.0 Å². The van der Waals surface area contributed by atoms with E-state index >= 15 is 0 Å². The van der Waals surface area contributed by atoms with Gasteiger partial charge in [0.15, 0.2) is 0 Å². The van der Waals surface area contributed by atoms with Crippen LogP contribution in [0.25, 0.3) is 0 Å². The lowest BCUT2D eigenvalue weighted by atomic mass is 9.42. The van der Waals surface area contributed by atoms with Crippen LogP contribution in [0, 0.1) is 17.3 Å². The molecule has 3 saturated carbocycles. The summed E-state index contributed by atoms with van der Waals surface area (Å²) in [5.41, 5.74) is 0.890. The highest BCUT2D eigenvalue weighted by atomic mass is 14.9. The number of rotatable bonds is 2. The minimum Gasteiger partial charge on any atom is -0.316 e. The van der Waals surface area contributed by atoms with Crippen LogP contribution in [-0.2, 0) is 0 Å². The second kappa shape index (κ2) is 2.01. The van der Waals surface area contributed by atoms with Crippen molar-refractivity contribution < 1.29 is 0 Å². The normalized spacial score (nSPS) is 53.5. The van der Waals surface area contributed by atoms with Crippen LogP contribution in [0.1, 0.15) is 32.1 Å². The molecule has 0 aromatic rings. The van der Waals surface area contributed by atoms with E-state index in [9.17, 15) is 0 Å². The first-order valence-corrected chi connectivity index (χ1v) is 5.07. The van der Waals surface area contributed by atoms with Crippen molar-refractivity contribution in [1.82, 2.24) is 5.32 Å². The Morgan fingerprint density at radius 1 is 1.27 bits per heavy atom. The molecule has 1 nitrogen and oxygen atoms in total. The van der Waals surface area contributed by atoms with Crippen molar-refractivity contribution in [3.05, 3.63) is 0 Å². The third-order valence-electron chi connectivity index (χ3n) is 4.05. The summed E-state index contributed by atoms with van der Waals surface area (Å²) in [5.74, 6) is 2.21. The first-order valence-electron chi connectivity index (χ1n) is 5.07. The maximum absolute atomic E-state index is 3.46. The van der Waals surface area contributed by atoms with Gasteiger partial charge in [0, 0.05) is 0 Å². The number of hydrogen-bond acceptors (Lipinski definition) is 1. The van der Waals surface area contributed by atoms with Gasteiger partial charge in [-0.25, -0.2) is 0 Å². The lowest BCUT2D eigenvalue weighted by Gasteiger charge is -2.63. The van der Waals surface area contributed by atoms with Gasteiger partial charge >= 0.3 is 0 Å². The Labute approximate surface area is 68.6 Å². The van der Waals surface area contributed by atoms with Gasteiger partial charge in [0.05, 0.1) is 0 Å². The van der Waals surface area contributed by atoms with Crippen molar-refractivity contribution in [2.45, 2.75) is 32.1 Å². The second-order valence-corrected chi connectivity index (χ2v) is 5.04. The molecule has 1 atom stereocenters. The zero-order chi connectivity index (χ0) is 7.31. The molecule has 1 aliphatic heterocycles. The fourth-order valence-electron chi connectivity index (χ4n) is 3.41. The van der Waals surface area contributed by atoms with Gasteiger partial charge in [0.2, 0.25) is 0 Å². The lowest BCUT2D eigenvalue weighted by Crippen LogP contribution is -2.52. The molecule has 0 amide bonds. The van der Waals surface area contributed by atoms with Crippen molar-refractivity contribution in [3.63, 3.8) is 0 Å². The molecule has 1 unspecified atom stereocenters. The molecule has 62 valence electrons. The first-order chi connectivity index (χ1) is 5.36. The molecule has 2 bridgehead atoms. The molecule has 0 radical (unpaired) electrons. The van der Waals surface area contributed by atoms with Crippen LogP contribution in [0.4, 0.5) is 0 Å². The summed E-state index contributed by atoms with van der Waals surface area (Å²) in [6, 6.07) is 0. The van der Waals surface area contributed by atoms with Crippen molar-refractivity contribution in [2.75, 3.05) is 13.1 Å². The zero-order valence-electron chi connectivity index (χ0n) is 7.10. The van der Waals surface area contributed by atoms with E-state index in [0.29, 0.717) is 0 Å². The summed E-state index contributed by atoms with van der Waals surface area (Å²) >= 11 is 0. The van der Waals surface area contributed by atoms with E-state index < -0.39 is 0 Å². The molecule has 11 heavy (non-hydrogen) atoms. The summed E-state index contributed by atoms with van der Waals surface area (Å²) in [7, 11) is 0. The zero-order valence-corrected chi connectivity index (χ0v) is 7.10. The lowest BCUT2D eigenvalue weighted by molar-refractivity contribution is -0.120. The fourth-order valence-corrected chi connectivity index (χ4v) is 3.41. The smallest absolute Gasteiger partial charge is 0.00198 e. The van der Waals surface area contributed by atoms with Gasteiger partial charge in [-0.1, -0.05) is 0 Å². The predicted molar refractivity (Wildman–Crippen MR) is 45.4 cm³/mol. The average molecular weight is 151 g/mol. The van der Waals surface area contributed by atoms with Gasteiger partial charge in [0.25, 0.3) is 0 Å². The van der Waals surface area contributed by atoms with E-state index in [1.807, 2.05) is 0 Å². The van der Waals surface area contributed by atoms with Crippen LogP contribution in [0.15, 0.2) is 0 Å². The quantitative estimate of drug-likeness (QED) is 0.634. The van der Waals surface area contributed by atoms with Crippen LogP contribution in [0.3, 0.4) is 0 Å². The molecule has 0 aromatic heterocycles. The standard InChI is InChI=1S/C10H17N/c1-2-11-7-8(1)3-10-4-9(5-10)6-10/h8-9,11H,1-7H2. The molecule has 1 heterocycles.